The molecule has 118 valence electrons. The molecule has 1 aromatic heterocycles. The maximum atomic E-state index is 11.8. The minimum absolute atomic E-state index is 0.182. The standard InChI is InChI=1S/C15H26N4O2/c1-10(13-16-7-8-17-13)18-11-5-6-12(9-11)19-14(20)21-15(2,3)4/h7-8,10-12,18H,5-6,9H2,1-4H3,(H,16,17)(H,19,20). The maximum Gasteiger partial charge on any atom is 0.407 e. The molecular weight excluding hydrogens is 268 g/mol. The molecule has 1 aliphatic carbocycles. The highest BCUT2D eigenvalue weighted by Crippen LogP contribution is 2.22. The van der Waals surface area contributed by atoms with Crippen molar-refractivity contribution in [2.24, 2.45) is 0 Å². The van der Waals surface area contributed by atoms with Crippen molar-refractivity contribution in [3.05, 3.63) is 18.2 Å². The van der Waals surface area contributed by atoms with Gasteiger partial charge in [-0.2, -0.15) is 0 Å². The first-order valence-electron chi connectivity index (χ1n) is 7.58. The minimum Gasteiger partial charge on any atom is -0.444 e. The largest absolute Gasteiger partial charge is 0.444 e. The summed E-state index contributed by atoms with van der Waals surface area (Å²) in [4.78, 5) is 19.1. The van der Waals surface area contributed by atoms with Gasteiger partial charge in [0, 0.05) is 24.5 Å². The number of aromatic amines is 1. The van der Waals surface area contributed by atoms with E-state index in [0.29, 0.717) is 6.04 Å². The third kappa shape index (κ3) is 5.04. The van der Waals surface area contributed by atoms with E-state index in [4.69, 9.17) is 4.74 Å². The summed E-state index contributed by atoms with van der Waals surface area (Å²) in [5, 5.41) is 6.50. The predicted octanol–water partition coefficient (Wildman–Crippen LogP) is 2.51. The molecule has 1 aromatic rings. The van der Waals surface area contributed by atoms with E-state index in [2.05, 4.69) is 27.5 Å². The van der Waals surface area contributed by atoms with Crippen LogP contribution in [0, 0.1) is 0 Å². The van der Waals surface area contributed by atoms with Crippen LogP contribution in [-0.2, 0) is 4.74 Å². The van der Waals surface area contributed by atoms with Crippen molar-refractivity contribution in [2.75, 3.05) is 0 Å². The molecule has 0 saturated heterocycles. The Morgan fingerprint density at radius 3 is 2.76 bits per heavy atom. The van der Waals surface area contributed by atoms with Gasteiger partial charge in [-0.05, 0) is 47.0 Å². The molecule has 1 fully saturated rings. The van der Waals surface area contributed by atoms with E-state index in [1.54, 1.807) is 6.20 Å². The second kappa shape index (κ2) is 6.47. The summed E-state index contributed by atoms with van der Waals surface area (Å²) >= 11 is 0. The Bertz CT molecular complexity index is 453. The summed E-state index contributed by atoms with van der Waals surface area (Å²) in [6, 6.07) is 0.761. The van der Waals surface area contributed by atoms with Crippen LogP contribution in [0.15, 0.2) is 12.4 Å². The fourth-order valence-electron chi connectivity index (χ4n) is 2.68. The number of hydrogen-bond acceptors (Lipinski definition) is 4. The van der Waals surface area contributed by atoms with Crippen LogP contribution in [0.4, 0.5) is 4.79 Å². The highest BCUT2D eigenvalue weighted by Gasteiger charge is 2.28. The number of rotatable bonds is 4. The molecule has 6 heteroatoms. The summed E-state index contributed by atoms with van der Waals surface area (Å²) in [5.41, 5.74) is -0.450. The molecule has 21 heavy (non-hydrogen) atoms. The van der Waals surface area contributed by atoms with Gasteiger partial charge in [-0.15, -0.1) is 0 Å². The first-order valence-corrected chi connectivity index (χ1v) is 7.58. The molecule has 0 spiro atoms. The summed E-state index contributed by atoms with van der Waals surface area (Å²) in [6.45, 7) is 7.71. The van der Waals surface area contributed by atoms with Gasteiger partial charge in [0.2, 0.25) is 0 Å². The number of imidazole rings is 1. The van der Waals surface area contributed by atoms with E-state index in [0.717, 1.165) is 25.1 Å². The van der Waals surface area contributed by atoms with E-state index in [9.17, 15) is 4.79 Å². The van der Waals surface area contributed by atoms with Crippen molar-refractivity contribution in [1.82, 2.24) is 20.6 Å². The number of amides is 1. The van der Waals surface area contributed by atoms with Crippen LogP contribution in [0.3, 0.4) is 0 Å². The SMILES string of the molecule is CC(NC1CCC(NC(=O)OC(C)(C)C)C1)c1ncc[nH]1. The van der Waals surface area contributed by atoms with Crippen molar-refractivity contribution in [2.45, 2.75) is 70.7 Å². The Balaban J connectivity index is 1.75. The molecule has 0 aliphatic heterocycles. The van der Waals surface area contributed by atoms with Crippen molar-refractivity contribution < 1.29 is 9.53 Å². The highest BCUT2D eigenvalue weighted by atomic mass is 16.6. The Kier molecular flexibility index (Phi) is 4.88. The lowest BCUT2D eigenvalue weighted by Crippen LogP contribution is -2.39. The van der Waals surface area contributed by atoms with Crippen molar-refractivity contribution in [3.8, 4) is 0 Å². The van der Waals surface area contributed by atoms with Gasteiger partial charge in [-0.1, -0.05) is 0 Å². The number of ether oxygens (including phenoxy) is 1. The summed E-state index contributed by atoms with van der Waals surface area (Å²) < 4.78 is 5.29. The number of aromatic nitrogens is 2. The molecular formula is C15H26N4O2. The summed E-state index contributed by atoms with van der Waals surface area (Å²) in [6.07, 6.45) is 6.20. The van der Waals surface area contributed by atoms with Gasteiger partial charge in [0.15, 0.2) is 0 Å². The number of carbonyl (C=O) groups excluding carboxylic acids is 1. The number of carbonyl (C=O) groups is 1. The molecule has 3 atom stereocenters. The maximum absolute atomic E-state index is 11.8. The predicted molar refractivity (Wildman–Crippen MR) is 80.9 cm³/mol. The van der Waals surface area contributed by atoms with Gasteiger partial charge in [0.1, 0.15) is 11.4 Å². The minimum atomic E-state index is -0.450. The van der Waals surface area contributed by atoms with Crippen LogP contribution in [0.2, 0.25) is 0 Å². The smallest absolute Gasteiger partial charge is 0.407 e. The quantitative estimate of drug-likeness (QED) is 0.797. The van der Waals surface area contributed by atoms with Crippen molar-refractivity contribution in [1.29, 1.82) is 0 Å². The van der Waals surface area contributed by atoms with Gasteiger partial charge >= 0.3 is 6.09 Å². The molecule has 0 aromatic carbocycles. The lowest BCUT2D eigenvalue weighted by molar-refractivity contribution is 0.0505. The molecule has 1 heterocycles. The number of H-pyrrole nitrogens is 1. The lowest BCUT2D eigenvalue weighted by Gasteiger charge is -2.22. The van der Waals surface area contributed by atoms with Gasteiger partial charge in [0.05, 0.1) is 6.04 Å². The zero-order chi connectivity index (χ0) is 15.5. The van der Waals surface area contributed by atoms with Crippen molar-refractivity contribution in [3.63, 3.8) is 0 Å². The molecule has 2 rings (SSSR count). The van der Waals surface area contributed by atoms with E-state index >= 15 is 0 Å². The average Bonchev–Trinajstić information content (AvgIpc) is 2.97. The van der Waals surface area contributed by atoms with Crippen LogP contribution in [0.5, 0.6) is 0 Å². The number of alkyl carbamates (subject to hydrolysis) is 1. The second-order valence-corrected chi connectivity index (χ2v) is 6.72. The highest BCUT2D eigenvalue weighted by molar-refractivity contribution is 5.68. The Morgan fingerprint density at radius 2 is 2.14 bits per heavy atom. The first kappa shape index (κ1) is 15.8. The molecule has 1 saturated carbocycles. The zero-order valence-electron chi connectivity index (χ0n) is 13.3. The third-order valence-corrected chi connectivity index (χ3v) is 3.57. The van der Waals surface area contributed by atoms with Crippen LogP contribution in [0.1, 0.15) is 58.8 Å². The average molecular weight is 294 g/mol. The molecule has 3 unspecified atom stereocenters. The van der Waals surface area contributed by atoms with E-state index in [1.807, 2.05) is 27.0 Å². The van der Waals surface area contributed by atoms with Crippen LogP contribution >= 0.6 is 0 Å². The van der Waals surface area contributed by atoms with E-state index in [-0.39, 0.29) is 18.2 Å². The molecule has 1 amide bonds. The van der Waals surface area contributed by atoms with E-state index < -0.39 is 5.60 Å². The van der Waals surface area contributed by atoms with Crippen LogP contribution < -0.4 is 10.6 Å². The Labute approximate surface area is 126 Å². The normalized spacial score (nSPS) is 23.8. The fraction of sp³-hybridized carbons (Fsp3) is 0.733. The first-order chi connectivity index (χ1) is 9.83. The van der Waals surface area contributed by atoms with Crippen LogP contribution in [0.25, 0.3) is 0 Å². The zero-order valence-corrected chi connectivity index (χ0v) is 13.3. The molecule has 0 bridgehead atoms. The topological polar surface area (TPSA) is 79.0 Å². The monoisotopic (exact) mass is 294 g/mol. The third-order valence-electron chi connectivity index (χ3n) is 3.57. The summed E-state index contributed by atoms with van der Waals surface area (Å²) in [7, 11) is 0. The van der Waals surface area contributed by atoms with Crippen molar-refractivity contribution >= 4 is 6.09 Å². The molecule has 3 N–H and O–H groups in total. The number of hydrogen-bond donors (Lipinski definition) is 3. The number of nitrogens with one attached hydrogen (secondary N) is 3. The second-order valence-electron chi connectivity index (χ2n) is 6.72. The van der Waals surface area contributed by atoms with Gasteiger partial charge in [-0.25, -0.2) is 9.78 Å². The molecule has 0 radical (unpaired) electrons. The lowest BCUT2D eigenvalue weighted by atomic mass is 10.2. The Hall–Kier alpha value is -1.56. The van der Waals surface area contributed by atoms with E-state index in [1.165, 1.54) is 0 Å². The molecule has 6 nitrogen and oxygen atoms in total. The van der Waals surface area contributed by atoms with Gasteiger partial charge in [0.25, 0.3) is 0 Å². The van der Waals surface area contributed by atoms with Crippen LogP contribution in [-0.4, -0.2) is 33.7 Å². The Morgan fingerprint density at radius 1 is 1.43 bits per heavy atom. The number of nitrogens with zero attached hydrogens (tertiary/aromatic N) is 1. The summed E-state index contributed by atoms with van der Waals surface area (Å²) in [5.74, 6) is 0.943. The van der Waals surface area contributed by atoms with Gasteiger partial charge in [-0.3, -0.25) is 0 Å². The van der Waals surface area contributed by atoms with Gasteiger partial charge < -0.3 is 20.4 Å². The molecule has 1 aliphatic rings. The fourth-order valence-corrected chi connectivity index (χ4v) is 2.68.